The Morgan fingerprint density at radius 2 is 1.72 bits per heavy atom. The third-order valence-electron chi connectivity index (χ3n) is 8.48. The maximum atomic E-state index is 13.5. The van der Waals surface area contributed by atoms with E-state index in [4.69, 9.17) is 9.84 Å². The summed E-state index contributed by atoms with van der Waals surface area (Å²) in [5, 5.41) is 18.2. The van der Waals surface area contributed by atoms with E-state index >= 15 is 0 Å². The van der Waals surface area contributed by atoms with Crippen LogP contribution in [0.4, 0.5) is 16.2 Å². The molecule has 0 spiro atoms. The van der Waals surface area contributed by atoms with Gasteiger partial charge in [0, 0.05) is 55.4 Å². The number of amides is 2. The molecule has 0 bridgehead atoms. The summed E-state index contributed by atoms with van der Waals surface area (Å²) < 4.78 is 7.89. The molecule has 4 aromatic rings. The quantitative estimate of drug-likeness (QED) is 0.285. The van der Waals surface area contributed by atoms with Gasteiger partial charge in [0.25, 0.3) is 5.91 Å². The smallest absolute Gasteiger partial charge is 0.407 e. The van der Waals surface area contributed by atoms with Crippen molar-refractivity contribution in [2.24, 2.45) is 5.41 Å². The first-order chi connectivity index (χ1) is 20.7. The fraction of sp³-hybridized carbons (Fsp3) is 0.394. The first kappa shape index (κ1) is 28.7. The molecule has 6 rings (SSSR count). The molecule has 2 fully saturated rings. The first-order valence-electron chi connectivity index (χ1n) is 14.9. The molecule has 2 amide bonds. The van der Waals surface area contributed by atoms with E-state index in [9.17, 15) is 14.7 Å². The van der Waals surface area contributed by atoms with Gasteiger partial charge in [-0.25, -0.2) is 9.48 Å². The minimum absolute atomic E-state index is 0.109. The number of nitrogens with one attached hydrogen (secondary N) is 1. The van der Waals surface area contributed by atoms with Crippen molar-refractivity contribution in [3.8, 4) is 11.1 Å². The van der Waals surface area contributed by atoms with E-state index in [1.807, 2.05) is 16.8 Å². The molecule has 224 valence electrons. The summed E-state index contributed by atoms with van der Waals surface area (Å²) in [6, 6.07) is 17.8. The van der Waals surface area contributed by atoms with Crippen molar-refractivity contribution in [2.75, 3.05) is 36.5 Å². The summed E-state index contributed by atoms with van der Waals surface area (Å²) in [5.74, 6) is -0.285. The Kier molecular flexibility index (Phi) is 7.79. The number of benzene rings is 2. The van der Waals surface area contributed by atoms with E-state index in [-0.39, 0.29) is 23.6 Å². The number of anilines is 2. The Hall–Kier alpha value is -4.44. The number of hydrogen-bond donors (Lipinski definition) is 2. The summed E-state index contributed by atoms with van der Waals surface area (Å²) in [6.07, 6.45) is 5.13. The molecule has 10 nitrogen and oxygen atoms in total. The predicted octanol–water partition coefficient (Wildman–Crippen LogP) is 6.26. The molecule has 0 radical (unpaired) electrons. The average molecular weight is 583 g/mol. The predicted molar refractivity (Wildman–Crippen MR) is 166 cm³/mol. The lowest BCUT2D eigenvalue weighted by Gasteiger charge is -2.46. The first-order valence-corrected chi connectivity index (χ1v) is 14.9. The lowest BCUT2D eigenvalue weighted by Crippen LogP contribution is -2.59. The van der Waals surface area contributed by atoms with Crippen molar-refractivity contribution in [3.63, 3.8) is 0 Å². The Morgan fingerprint density at radius 1 is 0.977 bits per heavy atom. The second kappa shape index (κ2) is 11.7. The number of carbonyl (C=O) groups is 2. The van der Waals surface area contributed by atoms with Crippen LogP contribution >= 0.6 is 0 Å². The molecule has 0 saturated carbocycles. The molecule has 2 aliphatic rings. The van der Waals surface area contributed by atoms with Gasteiger partial charge in [-0.3, -0.25) is 9.78 Å². The standard InChI is InChI=1S/C33H38N6O4/c1-33(2,3)28-21-37(17-18-38(28)32(41)42)25-10-7-22(8-11-25)23-9-12-27-26(20-23)30(31(40)35-24-13-15-34-16-14-24)36-39(27)29-6-4-5-19-43-29/h7-16,20,28-29H,4-6,17-19,21H2,1-3H3,(H,41,42)(H,34,35,40). The van der Waals surface area contributed by atoms with Gasteiger partial charge >= 0.3 is 6.09 Å². The van der Waals surface area contributed by atoms with Crippen LogP contribution in [0.15, 0.2) is 67.0 Å². The monoisotopic (exact) mass is 582 g/mol. The summed E-state index contributed by atoms with van der Waals surface area (Å²) in [4.78, 5) is 33.2. The number of nitrogens with zero attached hydrogens (tertiary/aromatic N) is 5. The van der Waals surface area contributed by atoms with Crippen LogP contribution in [-0.2, 0) is 4.74 Å². The number of rotatable bonds is 5. The molecule has 2 unspecified atom stereocenters. The van der Waals surface area contributed by atoms with Gasteiger partial charge in [-0.15, -0.1) is 0 Å². The van der Waals surface area contributed by atoms with Crippen molar-refractivity contribution in [1.82, 2.24) is 19.7 Å². The highest BCUT2D eigenvalue weighted by Crippen LogP contribution is 2.34. The Labute approximate surface area is 251 Å². The third kappa shape index (κ3) is 5.92. The van der Waals surface area contributed by atoms with Gasteiger partial charge in [0.2, 0.25) is 0 Å². The number of fused-ring (bicyclic) bond motifs is 1. The summed E-state index contributed by atoms with van der Waals surface area (Å²) in [7, 11) is 0. The maximum absolute atomic E-state index is 13.5. The molecular weight excluding hydrogens is 544 g/mol. The molecular formula is C33H38N6O4. The highest BCUT2D eigenvalue weighted by atomic mass is 16.5. The van der Waals surface area contributed by atoms with Crippen molar-refractivity contribution >= 4 is 34.3 Å². The fourth-order valence-electron chi connectivity index (χ4n) is 6.10. The largest absolute Gasteiger partial charge is 0.465 e. The molecule has 10 heteroatoms. The minimum Gasteiger partial charge on any atom is -0.465 e. The van der Waals surface area contributed by atoms with Crippen LogP contribution < -0.4 is 10.2 Å². The van der Waals surface area contributed by atoms with Gasteiger partial charge in [-0.2, -0.15) is 5.10 Å². The van der Waals surface area contributed by atoms with Crippen molar-refractivity contribution in [2.45, 2.75) is 52.3 Å². The maximum Gasteiger partial charge on any atom is 0.407 e. The number of carboxylic acid groups (broad SMARTS) is 1. The van der Waals surface area contributed by atoms with Crippen molar-refractivity contribution in [1.29, 1.82) is 0 Å². The average Bonchev–Trinajstić information content (AvgIpc) is 3.40. The Morgan fingerprint density at radius 3 is 2.40 bits per heavy atom. The molecule has 4 heterocycles. The SMILES string of the molecule is CC(C)(C)C1CN(c2ccc(-c3ccc4c(c3)c(C(=O)Nc3ccncc3)nn4C3CCCCO3)cc2)CCN1C(=O)O. The molecule has 0 aliphatic carbocycles. The summed E-state index contributed by atoms with van der Waals surface area (Å²) in [6.45, 7) is 8.69. The van der Waals surface area contributed by atoms with E-state index in [2.05, 4.69) is 66.3 Å². The highest BCUT2D eigenvalue weighted by molar-refractivity contribution is 6.11. The number of carbonyl (C=O) groups excluding carboxylic acids is 1. The van der Waals surface area contributed by atoms with Crippen LogP contribution in [0.5, 0.6) is 0 Å². The van der Waals surface area contributed by atoms with Crippen molar-refractivity contribution < 1.29 is 19.4 Å². The summed E-state index contributed by atoms with van der Waals surface area (Å²) >= 11 is 0. The zero-order valence-corrected chi connectivity index (χ0v) is 24.9. The normalized spacial score (nSPS) is 19.4. The lowest BCUT2D eigenvalue weighted by molar-refractivity contribution is -0.0367. The molecule has 2 N–H and O–H groups in total. The lowest BCUT2D eigenvalue weighted by atomic mass is 9.84. The number of hydrogen-bond acceptors (Lipinski definition) is 6. The zero-order chi connectivity index (χ0) is 30.1. The van der Waals surface area contributed by atoms with Gasteiger partial charge in [0.1, 0.15) is 0 Å². The van der Waals surface area contributed by atoms with Crippen molar-refractivity contribution in [3.05, 3.63) is 72.7 Å². The molecule has 2 aromatic carbocycles. The molecule has 2 aliphatic heterocycles. The van der Waals surface area contributed by atoms with E-state index in [1.165, 1.54) is 0 Å². The second-order valence-corrected chi connectivity index (χ2v) is 12.4. The minimum atomic E-state index is -0.863. The van der Waals surface area contributed by atoms with Crippen LogP contribution in [0.2, 0.25) is 0 Å². The van der Waals surface area contributed by atoms with Gasteiger partial charge in [-0.1, -0.05) is 39.0 Å². The van der Waals surface area contributed by atoms with Crippen LogP contribution in [0, 0.1) is 5.41 Å². The second-order valence-electron chi connectivity index (χ2n) is 12.4. The van der Waals surface area contributed by atoms with E-state index in [0.29, 0.717) is 37.6 Å². The summed E-state index contributed by atoms with van der Waals surface area (Å²) in [5.41, 5.74) is 4.74. The number of piperazine rings is 1. The van der Waals surface area contributed by atoms with Gasteiger partial charge in [0.15, 0.2) is 11.9 Å². The highest BCUT2D eigenvalue weighted by Gasteiger charge is 2.38. The molecule has 2 saturated heterocycles. The van der Waals surface area contributed by atoms with E-state index in [1.54, 1.807) is 29.4 Å². The molecule has 2 atom stereocenters. The van der Waals surface area contributed by atoms with Gasteiger partial charge < -0.3 is 25.0 Å². The van der Waals surface area contributed by atoms with Gasteiger partial charge in [0.05, 0.1) is 11.6 Å². The van der Waals surface area contributed by atoms with Gasteiger partial charge in [-0.05, 0) is 72.2 Å². The Bertz CT molecular complexity index is 1610. The van der Waals surface area contributed by atoms with Crippen LogP contribution in [0.3, 0.4) is 0 Å². The van der Waals surface area contributed by atoms with Crippen LogP contribution in [-0.4, -0.2) is 69.1 Å². The van der Waals surface area contributed by atoms with Crippen LogP contribution in [0.1, 0.15) is 56.8 Å². The van der Waals surface area contributed by atoms with E-state index in [0.717, 1.165) is 47.0 Å². The number of aromatic nitrogens is 3. The van der Waals surface area contributed by atoms with E-state index < -0.39 is 6.09 Å². The fourth-order valence-corrected chi connectivity index (χ4v) is 6.10. The molecule has 43 heavy (non-hydrogen) atoms. The zero-order valence-electron chi connectivity index (χ0n) is 24.9. The molecule has 2 aromatic heterocycles. The third-order valence-corrected chi connectivity index (χ3v) is 8.48. The topological polar surface area (TPSA) is 113 Å². The Balaban J connectivity index is 1.30. The number of ether oxygens (including phenoxy) is 1. The van der Waals surface area contributed by atoms with Crippen LogP contribution in [0.25, 0.3) is 22.0 Å². The number of pyridine rings is 1.